The number of pyridine rings is 1. The van der Waals surface area contributed by atoms with Gasteiger partial charge in [0.15, 0.2) is 0 Å². The first kappa shape index (κ1) is 11.1. The summed E-state index contributed by atoms with van der Waals surface area (Å²) in [5, 5.41) is 9.07. The molecule has 4 heteroatoms. The van der Waals surface area contributed by atoms with Gasteiger partial charge in [0.1, 0.15) is 0 Å². The Kier molecular flexibility index (Phi) is 2.94. The van der Waals surface area contributed by atoms with E-state index in [1.807, 2.05) is 10.6 Å². The third-order valence-electron chi connectivity index (χ3n) is 2.81. The van der Waals surface area contributed by atoms with Crippen molar-refractivity contribution in [1.82, 2.24) is 9.38 Å². The van der Waals surface area contributed by atoms with E-state index in [4.69, 9.17) is 10.8 Å². The van der Waals surface area contributed by atoms with E-state index in [2.05, 4.69) is 31.0 Å². The smallest absolute Gasteiger partial charge is 0.0996 e. The summed E-state index contributed by atoms with van der Waals surface area (Å²) in [6.45, 7) is 4.21. The number of imidazole rings is 1. The number of aliphatic hydroxyl groups excluding tert-OH is 1. The van der Waals surface area contributed by atoms with Crippen LogP contribution < -0.4 is 5.73 Å². The molecule has 0 bridgehead atoms. The fourth-order valence-electron chi connectivity index (χ4n) is 1.76. The van der Waals surface area contributed by atoms with E-state index in [0.29, 0.717) is 5.92 Å². The van der Waals surface area contributed by atoms with Gasteiger partial charge >= 0.3 is 0 Å². The van der Waals surface area contributed by atoms with Crippen LogP contribution in [0.2, 0.25) is 0 Å². The topological polar surface area (TPSA) is 63.5 Å². The predicted octanol–water partition coefficient (Wildman–Crippen LogP) is 1.45. The summed E-state index contributed by atoms with van der Waals surface area (Å²) in [5.41, 5.74) is 8.79. The zero-order chi connectivity index (χ0) is 11.7. The second-order valence-corrected chi connectivity index (χ2v) is 4.33. The molecule has 0 aliphatic heterocycles. The molecule has 0 amide bonds. The normalized spacial score (nSPS) is 13.6. The van der Waals surface area contributed by atoms with Crippen molar-refractivity contribution in [3.05, 3.63) is 35.9 Å². The maximum absolute atomic E-state index is 9.07. The highest BCUT2D eigenvalue weighted by Gasteiger charge is 2.12. The van der Waals surface area contributed by atoms with E-state index in [9.17, 15) is 0 Å². The predicted molar refractivity (Wildman–Crippen MR) is 63.3 cm³/mol. The number of aliphatic hydroxyl groups is 1. The highest BCUT2D eigenvalue weighted by Crippen LogP contribution is 2.21. The summed E-state index contributed by atoms with van der Waals surface area (Å²) in [6.07, 6.45) is 3.70. The number of aromatic nitrogens is 2. The van der Waals surface area contributed by atoms with Crippen molar-refractivity contribution in [1.29, 1.82) is 0 Å². The Bertz CT molecular complexity index is 490. The number of nitrogens with zero attached hydrogens (tertiary/aromatic N) is 2. The molecule has 0 aliphatic carbocycles. The van der Waals surface area contributed by atoms with Crippen molar-refractivity contribution in [2.24, 2.45) is 5.73 Å². The van der Waals surface area contributed by atoms with Gasteiger partial charge in [0.05, 0.1) is 30.2 Å². The molecule has 0 spiro atoms. The molecule has 1 unspecified atom stereocenters. The molecule has 0 radical (unpaired) electrons. The molecule has 0 fully saturated rings. The van der Waals surface area contributed by atoms with Crippen LogP contribution in [-0.4, -0.2) is 21.1 Å². The third kappa shape index (κ3) is 1.81. The quantitative estimate of drug-likeness (QED) is 0.821. The van der Waals surface area contributed by atoms with Crippen molar-refractivity contribution in [3.63, 3.8) is 0 Å². The van der Waals surface area contributed by atoms with Crippen LogP contribution in [0.15, 0.2) is 24.7 Å². The van der Waals surface area contributed by atoms with Gasteiger partial charge in [0, 0.05) is 6.20 Å². The molecule has 2 heterocycles. The van der Waals surface area contributed by atoms with Gasteiger partial charge in [-0.3, -0.25) is 0 Å². The minimum absolute atomic E-state index is 0.0847. The molecule has 0 aromatic carbocycles. The van der Waals surface area contributed by atoms with Crippen molar-refractivity contribution in [2.75, 3.05) is 6.61 Å². The molecule has 2 aromatic rings. The summed E-state index contributed by atoms with van der Waals surface area (Å²) < 4.78 is 1.93. The maximum atomic E-state index is 9.07. The molecule has 0 saturated heterocycles. The average Bonchev–Trinajstić information content (AvgIpc) is 2.70. The SMILES string of the molecule is CC(C)c1ccn2cnc(C(N)CO)c2c1. The van der Waals surface area contributed by atoms with Gasteiger partial charge < -0.3 is 15.2 Å². The van der Waals surface area contributed by atoms with Crippen LogP contribution >= 0.6 is 0 Å². The number of nitrogens with two attached hydrogens (primary N) is 1. The minimum atomic E-state index is -0.410. The monoisotopic (exact) mass is 219 g/mol. The second-order valence-electron chi connectivity index (χ2n) is 4.33. The number of rotatable bonds is 3. The van der Waals surface area contributed by atoms with E-state index in [0.717, 1.165) is 11.2 Å². The van der Waals surface area contributed by atoms with Gasteiger partial charge in [-0.25, -0.2) is 4.98 Å². The fraction of sp³-hybridized carbons (Fsp3) is 0.417. The molecule has 0 saturated carbocycles. The Balaban J connectivity index is 2.55. The van der Waals surface area contributed by atoms with Crippen LogP contribution in [0.3, 0.4) is 0 Å². The van der Waals surface area contributed by atoms with Crippen LogP contribution in [0, 0.1) is 0 Å². The Hall–Kier alpha value is -1.39. The fourth-order valence-corrected chi connectivity index (χ4v) is 1.76. The zero-order valence-electron chi connectivity index (χ0n) is 9.59. The molecular weight excluding hydrogens is 202 g/mol. The first-order valence-corrected chi connectivity index (χ1v) is 5.46. The Morgan fingerprint density at radius 3 is 2.88 bits per heavy atom. The molecule has 1 atom stereocenters. The third-order valence-corrected chi connectivity index (χ3v) is 2.81. The second kappa shape index (κ2) is 4.23. The Morgan fingerprint density at radius 2 is 2.25 bits per heavy atom. The summed E-state index contributed by atoms with van der Waals surface area (Å²) in [4.78, 5) is 4.24. The summed E-state index contributed by atoms with van der Waals surface area (Å²) in [5.74, 6) is 0.470. The van der Waals surface area contributed by atoms with Crippen LogP contribution in [0.4, 0.5) is 0 Å². The van der Waals surface area contributed by atoms with Crippen molar-refractivity contribution in [3.8, 4) is 0 Å². The Morgan fingerprint density at radius 1 is 1.50 bits per heavy atom. The Labute approximate surface area is 94.7 Å². The van der Waals surface area contributed by atoms with Gasteiger partial charge in [0.2, 0.25) is 0 Å². The lowest BCUT2D eigenvalue weighted by molar-refractivity contribution is 0.267. The van der Waals surface area contributed by atoms with Crippen LogP contribution in [0.1, 0.15) is 37.1 Å². The van der Waals surface area contributed by atoms with Crippen LogP contribution in [0.5, 0.6) is 0 Å². The highest BCUT2D eigenvalue weighted by molar-refractivity contribution is 5.55. The van der Waals surface area contributed by atoms with E-state index in [-0.39, 0.29) is 6.61 Å². The standard InChI is InChI=1S/C12H17N3O/c1-8(2)9-3-4-15-7-14-12(10(13)6-16)11(15)5-9/h3-5,7-8,10,16H,6,13H2,1-2H3. The van der Waals surface area contributed by atoms with Crippen molar-refractivity contribution < 1.29 is 5.11 Å². The van der Waals surface area contributed by atoms with E-state index < -0.39 is 6.04 Å². The molecule has 3 N–H and O–H groups in total. The first-order valence-electron chi connectivity index (χ1n) is 5.46. The molecule has 4 nitrogen and oxygen atoms in total. The molecule has 86 valence electrons. The summed E-state index contributed by atoms with van der Waals surface area (Å²) in [7, 11) is 0. The summed E-state index contributed by atoms with van der Waals surface area (Å²) >= 11 is 0. The van der Waals surface area contributed by atoms with E-state index in [1.54, 1.807) is 6.33 Å². The molecule has 0 aliphatic rings. The van der Waals surface area contributed by atoms with E-state index in [1.165, 1.54) is 5.56 Å². The van der Waals surface area contributed by atoms with E-state index >= 15 is 0 Å². The van der Waals surface area contributed by atoms with Crippen molar-refractivity contribution >= 4 is 5.52 Å². The number of hydrogen-bond donors (Lipinski definition) is 2. The summed E-state index contributed by atoms with van der Waals surface area (Å²) in [6, 6.07) is 3.75. The van der Waals surface area contributed by atoms with Gasteiger partial charge in [-0.05, 0) is 23.6 Å². The molecule has 16 heavy (non-hydrogen) atoms. The van der Waals surface area contributed by atoms with Gasteiger partial charge in [0.25, 0.3) is 0 Å². The maximum Gasteiger partial charge on any atom is 0.0996 e. The van der Waals surface area contributed by atoms with Crippen LogP contribution in [0.25, 0.3) is 5.52 Å². The highest BCUT2D eigenvalue weighted by atomic mass is 16.3. The van der Waals surface area contributed by atoms with Gasteiger partial charge in [-0.1, -0.05) is 13.8 Å². The molecule has 2 aromatic heterocycles. The average molecular weight is 219 g/mol. The zero-order valence-corrected chi connectivity index (χ0v) is 9.59. The molecular formula is C12H17N3O. The van der Waals surface area contributed by atoms with Gasteiger partial charge in [-0.15, -0.1) is 0 Å². The lowest BCUT2D eigenvalue weighted by Crippen LogP contribution is -2.15. The minimum Gasteiger partial charge on any atom is -0.394 e. The van der Waals surface area contributed by atoms with Crippen LogP contribution in [-0.2, 0) is 0 Å². The molecule has 2 rings (SSSR count). The number of fused-ring (bicyclic) bond motifs is 1. The van der Waals surface area contributed by atoms with Crippen molar-refractivity contribution in [2.45, 2.75) is 25.8 Å². The lowest BCUT2D eigenvalue weighted by Gasteiger charge is -2.08. The first-order chi connectivity index (χ1) is 7.63. The lowest BCUT2D eigenvalue weighted by atomic mass is 10.0. The largest absolute Gasteiger partial charge is 0.394 e. The van der Waals surface area contributed by atoms with Gasteiger partial charge in [-0.2, -0.15) is 0 Å². The number of hydrogen-bond acceptors (Lipinski definition) is 3.